The van der Waals surface area contributed by atoms with Crippen LogP contribution in [0, 0.1) is 24.2 Å². The van der Waals surface area contributed by atoms with Crippen LogP contribution in [0.25, 0.3) is 5.69 Å². The summed E-state index contributed by atoms with van der Waals surface area (Å²) < 4.78 is 7.89. The van der Waals surface area contributed by atoms with Crippen molar-refractivity contribution in [3.05, 3.63) is 66.0 Å². The summed E-state index contributed by atoms with van der Waals surface area (Å²) in [6.45, 7) is 4.03. The van der Waals surface area contributed by atoms with Crippen LogP contribution in [0.1, 0.15) is 31.2 Å². The number of ether oxygens (including phenoxy) is 1. The molecule has 0 bridgehead atoms. The van der Waals surface area contributed by atoms with Crippen molar-refractivity contribution in [2.75, 3.05) is 5.75 Å². The lowest BCUT2D eigenvalue weighted by Gasteiger charge is -2.22. The number of aryl methyl sites for hydroxylation is 1. The predicted octanol–water partition coefficient (Wildman–Crippen LogP) is 4.06. The van der Waals surface area contributed by atoms with E-state index < -0.39 is 5.54 Å². The molecule has 1 amide bonds. The van der Waals surface area contributed by atoms with Crippen LogP contribution in [0.2, 0.25) is 0 Å². The quantitative estimate of drug-likeness (QED) is 0.498. The molecule has 0 radical (unpaired) electrons. The number of para-hydroxylation sites is 2. The van der Waals surface area contributed by atoms with Crippen molar-refractivity contribution in [3.63, 3.8) is 0 Å². The molecule has 1 unspecified atom stereocenters. The van der Waals surface area contributed by atoms with E-state index >= 15 is 0 Å². The first-order chi connectivity index (χ1) is 15.5. The first-order valence-corrected chi connectivity index (χ1v) is 11.5. The van der Waals surface area contributed by atoms with E-state index in [0.29, 0.717) is 11.0 Å². The number of hydrogen-bond donors (Lipinski definition) is 1. The van der Waals surface area contributed by atoms with Crippen LogP contribution < -0.4 is 10.1 Å². The van der Waals surface area contributed by atoms with Gasteiger partial charge in [0.2, 0.25) is 5.91 Å². The molecule has 7 nitrogen and oxygen atoms in total. The second-order valence-corrected chi connectivity index (χ2v) is 8.99. The van der Waals surface area contributed by atoms with Crippen molar-refractivity contribution in [1.29, 1.82) is 5.26 Å². The van der Waals surface area contributed by atoms with Crippen LogP contribution in [0.3, 0.4) is 0 Å². The highest BCUT2D eigenvalue weighted by atomic mass is 32.2. The summed E-state index contributed by atoms with van der Waals surface area (Å²) in [5, 5.41) is 21.6. The summed E-state index contributed by atoms with van der Waals surface area (Å²) in [4.78, 5) is 12.6. The maximum Gasteiger partial charge on any atom is 0.231 e. The molecule has 0 saturated heterocycles. The molecule has 1 aliphatic rings. The van der Waals surface area contributed by atoms with Crippen LogP contribution in [0.5, 0.6) is 5.75 Å². The second-order valence-electron chi connectivity index (χ2n) is 8.05. The van der Waals surface area contributed by atoms with Gasteiger partial charge in [-0.05, 0) is 56.4 Å². The number of carbonyl (C=O) groups is 1. The normalized spacial score (nSPS) is 14.9. The molecule has 1 fully saturated rings. The van der Waals surface area contributed by atoms with Crippen molar-refractivity contribution in [2.24, 2.45) is 5.92 Å². The van der Waals surface area contributed by atoms with E-state index in [0.717, 1.165) is 29.8 Å². The van der Waals surface area contributed by atoms with E-state index in [9.17, 15) is 10.1 Å². The Morgan fingerprint density at radius 1 is 1.22 bits per heavy atom. The van der Waals surface area contributed by atoms with Crippen LogP contribution in [-0.4, -0.2) is 32.0 Å². The highest BCUT2D eigenvalue weighted by Crippen LogP contribution is 2.39. The van der Waals surface area contributed by atoms with Gasteiger partial charge in [0.25, 0.3) is 0 Å². The summed E-state index contributed by atoms with van der Waals surface area (Å²) in [5.74, 6) is 1.63. The lowest BCUT2D eigenvalue weighted by atomic mass is 9.98. The van der Waals surface area contributed by atoms with E-state index in [1.165, 1.54) is 11.8 Å². The lowest BCUT2D eigenvalue weighted by Crippen LogP contribution is -2.47. The van der Waals surface area contributed by atoms with Gasteiger partial charge < -0.3 is 10.1 Å². The maximum absolute atomic E-state index is 12.6. The minimum absolute atomic E-state index is 0.146. The van der Waals surface area contributed by atoms with Gasteiger partial charge in [-0.2, -0.15) is 5.26 Å². The molecule has 1 N–H and O–H groups in total. The Hall–Kier alpha value is -3.31. The lowest BCUT2D eigenvalue weighted by molar-refractivity contribution is -0.119. The van der Waals surface area contributed by atoms with E-state index in [1.807, 2.05) is 66.1 Å². The van der Waals surface area contributed by atoms with E-state index in [2.05, 4.69) is 21.6 Å². The number of nitriles is 1. The Morgan fingerprint density at radius 3 is 2.62 bits per heavy atom. The Bertz CT molecular complexity index is 1140. The van der Waals surface area contributed by atoms with E-state index in [1.54, 1.807) is 6.92 Å². The van der Waals surface area contributed by atoms with Gasteiger partial charge >= 0.3 is 0 Å². The zero-order valence-corrected chi connectivity index (χ0v) is 18.9. The summed E-state index contributed by atoms with van der Waals surface area (Å²) >= 11 is 1.29. The molecule has 0 aliphatic heterocycles. The van der Waals surface area contributed by atoms with Crippen LogP contribution in [-0.2, 0) is 11.4 Å². The topological polar surface area (TPSA) is 92.8 Å². The van der Waals surface area contributed by atoms with Gasteiger partial charge in [0.1, 0.15) is 17.9 Å². The zero-order valence-electron chi connectivity index (χ0n) is 18.1. The summed E-state index contributed by atoms with van der Waals surface area (Å²) in [7, 11) is 0. The van der Waals surface area contributed by atoms with Gasteiger partial charge in [-0.1, -0.05) is 48.2 Å². The van der Waals surface area contributed by atoms with Crippen LogP contribution in [0.4, 0.5) is 0 Å². The highest BCUT2D eigenvalue weighted by Gasteiger charge is 2.43. The van der Waals surface area contributed by atoms with Crippen molar-refractivity contribution in [2.45, 2.75) is 44.0 Å². The number of carbonyl (C=O) groups excluding carboxylic acids is 1. The predicted molar refractivity (Wildman–Crippen MR) is 122 cm³/mol. The number of thioether (sulfide) groups is 1. The minimum Gasteiger partial charge on any atom is -0.485 e. The minimum atomic E-state index is -0.808. The van der Waals surface area contributed by atoms with E-state index in [-0.39, 0.29) is 24.2 Å². The number of benzene rings is 2. The molecule has 1 saturated carbocycles. The number of nitrogens with one attached hydrogen (secondary N) is 1. The zero-order chi connectivity index (χ0) is 22.6. The molecule has 8 heteroatoms. The third kappa shape index (κ3) is 4.94. The van der Waals surface area contributed by atoms with Crippen molar-refractivity contribution in [1.82, 2.24) is 20.1 Å². The highest BCUT2D eigenvalue weighted by molar-refractivity contribution is 7.99. The number of aromatic nitrogens is 3. The van der Waals surface area contributed by atoms with Gasteiger partial charge in [0, 0.05) is 5.69 Å². The Labute approximate surface area is 191 Å². The maximum atomic E-state index is 12.6. The molecule has 1 aliphatic carbocycles. The molecule has 0 spiro atoms. The largest absolute Gasteiger partial charge is 0.485 e. The fourth-order valence-corrected chi connectivity index (χ4v) is 4.29. The van der Waals surface area contributed by atoms with Gasteiger partial charge in [-0.25, -0.2) is 0 Å². The Balaban J connectivity index is 1.50. The van der Waals surface area contributed by atoms with Crippen LogP contribution in [0.15, 0.2) is 59.8 Å². The number of amides is 1. The molecule has 4 rings (SSSR count). The van der Waals surface area contributed by atoms with Gasteiger partial charge in [0.05, 0.1) is 11.8 Å². The third-order valence-corrected chi connectivity index (χ3v) is 6.45. The molecular formula is C24H25N5O2S. The molecule has 1 heterocycles. The summed E-state index contributed by atoms with van der Waals surface area (Å²) in [6.07, 6.45) is 1.95. The second kappa shape index (κ2) is 9.45. The first kappa shape index (κ1) is 21.9. The van der Waals surface area contributed by atoms with Gasteiger partial charge in [0.15, 0.2) is 11.0 Å². The van der Waals surface area contributed by atoms with Crippen molar-refractivity contribution in [3.8, 4) is 17.5 Å². The third-order valence-electron chi connectivity index (χ3n) is 5.52. The molecule has 1 atom stereocenters. The average Bonchev–Trinajstić information content (AvgIpc) is 3.59. The molecular weight excluding hydrogens is 422 g/mol. The fourth-order valence-electron chi connectivity index (χ4n) is 3.52. The number of nitrogens with zero attached hydrogens (tertiary/aromatic N) is 4. The number of rotatable bonds is 9. The van der Waals surface area contributed by atoms with E-state index in [4.69, 9.17) is 4.74 Å². The van der Waals surface area contributed by atoms with Crippen molar-refractivity contribution >= 4 is 17.7 Å². The Kier molecular flexibility index (Phi) is 6.47. The summed E-state index contributed by atoms with van der Waals surface area (Å²) in [6, 6.07) is 19.8. The van der Waals surface area contributed by atoms with Gasteiger partial charge in [-0.3, -0.25) is 9.36 Å². The number of hydrogen-bond acceptors (Lipinski definition) is 6. The fraction of sp³-hybridized carbons (Fsp3) is 0.333. The molecule has 164 valence electrons. The SMILES string of the molecule is Cc1ccccc1OCc1nnc(SCC(=O)NC(C)(C#N)C2CC2)n1-c1ccccc1. The molecule has 2 aromatic carbocycles. The van der Waals surface area contributed by atoms with Crippen LogP contribution >= 0.6 is 11.8 Å². The molecule has 3 aromatic rings. The average molecular weight is 448 g/mol. The Morgan fingerprint density at radius 2 is 1.94 bits per heavy atom. The summed E-state index contributed by atoms with van der Waals surface area (Å²) in [5.41, 5.74) is 1.13. The first-order valence-electron chi connectivity index (χ1n) is 10.5. The standard InChI is InChI=1S/C24H25N5O2S/c1-17-8-6-7-11-20(17)31-14-21-27-28-23(29(21)19-9-4-3-5-10-19)32-15-22(30)26-24(2,16-25)18-12-13-18/h3-11,18H,12-15H2,1-2H3,(H,26,30). The van der Waals surface area contributed by atoms with Gasteiger partial charge in [-0.15, -0.1) is 10.2 Å². The smallest absolute Gasteiger partial charge is 0.231 e. The van der Waals surface area contributed by atoms with Crippen molar-refractivity contribution < 1.29 is 9.53 Å². The molecule has 1 aromatic heterocycles. The molecule has 32 heavy (non-hydrogen) atoms. The monoisotopic (exact) mass is 447 g/mol.